The normalized spacial score (nSPS) is 19.3. The van der Waals surface area contributed by atoms with E-state index in [-0.39, 0.29) is 19.0 Å². The number of nitrogens with zero attached hydrogens (tertiary/aromatic N) is 1. The van der Waals surface area contributed by atoms with Gasteiger partial charge in [0.05, 0.1) is 0 Å². The summed E-state index contributed by atoms with van der Waals surface area (Å²) in [5.41, 5.74) is 1.23. The Labute approximate surface area is 123 Å². The molecule has 0 aromatic heterocycles. The first-order chi connectivity index (χ1) is 10.1. The molecule has 1 aliphatic heterocycles. The number of urea groups is 1. The molecule has 0 spiro atoms. The average molecular weight is 292 g/mol. The molecule has 3 N–H and O–H groups in total. The lowest BCUT2D eigenvalue weighted by molar-refractivity contribution is -0.146. The molecule has 1 aromatic rings. The van der Waals surface area contributed by atoms with Crippen LogP contribution in [0, 0.1) is 0 Å². The molecule has 1 saturated heterocycles. The Kier molecular flexibility index (Phi) is 5.16. The molecule has 2 unspecified atom stereocenters. The fourth-order valence-corrected chi connectivity index (χ4v) is 2.49. The third-order valence-electron chi connectivity index (χ3n) is 3.73. The van der Waals surface area contributed by atoms with Crippen LogP contribution in [0.3, 0.4) is 0 Å². The Hall–Kier alpha value is -2.08. The molecule has 114 valence electrons. The average Bonchev–Trinajstić information content (AvgIpc) is 2.97. The minimum atomic E-state index is -1.43. The molecule has 2 rings (SSSR count). The quantitative estimate of drug-likeness (QED) is 0.756. The van der Waals surface area contributed by atoms with E-state index in [4.69, 9.17) is 10.2 Å². The van der Waals surface area contributed by atoms with Crippen LogP contribution in [-0.2, 0) is 4.79 Å². The number of carboxylic acid groups (broad SMARTS) is 1. The van der Waals surface area contributed by atoms with Crippen molar-refractivity contribution in [1.29, 1.82) is 0 Å². The van der Waals surface area contributed by atoms with Crippen LogP contribution in [0.15, 0.2) is 30.3 Å². The van der Waals surface area contributed by atoms with Gasteiger partial charge in [0.2, 0.25) is 0 Å². The summed E-state index contributed by atoms with van der Waals surface area (Å²) in [5.74, 6) is -0.920. The number of amides is 2. The number of hydrogen-bond donors (Lipinski definition) is 3. The van der Waals surface area contributed by atoms with Gasteiger partial charge >= 0.3 is 12.0 Å². The third-order valence-corrected chi connectivity index (χ3v) is 3.73. The van der Waals surface area contributed by atoms with E-state index in [1.165, 1.54) is 5.56 Å². The number of rotatable bonds is 5. The van der Waals surface area contributed by atoms with Crippen molar-refractivity contribution in [1.82, 2.24) is 10.2 Å². The second-order valence-corrected chi connectivity index (χ2v) is 5.22. The van der Waals surface area contributed by atoms with E-state index in [1.54, 1.807) is 4.90 Å². The van der Waals surface area contributed by atoms with Gasteiger partial charge in [0.25, 0.3) is 0 Å². The second-order valence-electron chi connectivity index (χ2n) is 5.22. The number of aliphatic carboxylic acids is 1. The molecule has 2 amide bonds. The molecule has 1 heterocycles. The largest absolute Gasteiger partial charge is 0.479 e. The van der Waals surface area contributed by atoms with Crippen LogP contribution in [0.25, 0.3) is 0 Å². The summed E-state index contributed by atoms with van der Waals surface area (Å²) in [6.45, 7) is 1.50. The molecule has 0 saturated carbocycles. The zero-order valence-corrected chi connectivity index (χ0v) is 11.7. The maximum Gasteiger partial charge on any atom is 0.332 e. The first kappa shape index (κ1) is 15.3. The second kappa shape index (κ2) is 7.08. The van der Waals surface area contributed by atoms with Gasteiger partial charge in [-0.15, -0.1) is 0 Å². The van der Waals surface area contributed by atoms with Gasteiger partial charge < -0.3 is 20.4 Å². The summed E-state index contributed by atoms with van der Waals surface area (Å²) in [6.07, 6.45) is -0.493. The Morgan fingerprint density at radius 3 is 2.71 bits per heavy atom. The van der Waals surface area contributed by atoms with Gasteiger partial charge in [0.15, 0.2) is 6.10 Å². The van der Waals surface area contributed by atoms with Gasteiger partial charge in [-0.05, 0) is 12.0 Å². The van der Waals surface area contributed by atoms with Crippen molar-refractivity contribution in [2.75, 3.05) is 19.6 Å². The number of hydrogen-bond acceptors (Lipinski definition) is 3. The Balaban J connectivity index is 1.76. The monoisotopic (exact) mass is 292 g/mol. The van der Waals surface area contributed by atoms with E-state index in [2.05, 4.69) is 17.4 Å². The highest BCUT2D eigenvalue weighted by Crippen LogP contribution is 2.26. The first-order valence-corrected chi connectivity index (χ1v) is 7.06. The third kappa shape index (κ3) is 4.19. The van der Waals surface area contributed by atoms with Crippen LogP contribution < -0.4 is 5.32 Å². The van der Waals surface area contributed by atoms with E-state index in [9.17, 15) is 9.59 Å². The van der Waals surface area contributed by atoms with Crippen molar-refractivity contribution in [2.45, 2.75) is 24.9 Å². The van der Waals surface area contributed by atoms with Crippen molar-refractivity contribution in [3.8, 4) is 0 Å². The molecule has 1 aromatic carbocycles. The summed E-state index contributed by atoms with van der Waals surface area (Å²) >= 11 is 0. The van der Waals surface area contributed by atoms with E-state index in [0.29, 0.717) is 19.0 Å². The first-order valence-electron chi connectivity index (χ1n) is 7.06. The van der Waals surface area contributed by atoms with Crippen molar-refractivity contribution in [3.63, 3.8) is 0 Å². The van der Waals surface area contributed by atoms with E-state index >= 15 is 0 Å². The lowest BCUT2D eigenvalue weighted by Crippen LogP contribution is -2.40. The zero-order valence-electron chi connectivity index (χ0n) is 11.7. The van der Waals surface area contributed by atoms with E-state index in [0.717, 1.165) is 6.42 Å². The van der Waals surface area contributed by atoms with Crippen molar-refractivity contribution in [3.05, 3.63) is 35.9 Å². The molecule has 1 aliphatic rings. The number of carbonyl (C=O) groups excluding carboxylic acids is 1. The lowest BCUT2D eigenvalue weighted by Gasteiger charge is -2.18. The lowest BCUT2D eigenvalue weighted by atomic mass is 9.99. The molecule has 1 fully saturated rings. The Bertz CT molecular complexity index is 492. The Morgan fingerprint density at radius 2 is 2.05 bits per heavy atom. The predicted octanol–water partition coefficient (Wildman–Crippen LogP) is 1.02. The Morgan fingerprint density at radius 1 is 1.33 bits per heavy atom. The standard InChI is InChI=1S/C15H20N2O4/c18-13(14(19)20)6-8-16-15(21)17-9-7-12(10-17)11-4-2-1-3-5-11/h1-5,12-13,18H,6-10H2,(H,16,21)(H,19,20). The summed E-state index contributed by atoms with van der Waals surface area (Å²) in [6, 6.07) is 9.88. The highest BCUT2D eigenvalue weighted by atomic mass is 16.4. The van der Waals surface area contributed by atoms with Crippen LogP contribution >= 0.6 is 0 Å². The fourth-order valence-electron chi connectivity index (χ4n) is 2.49. The minimum Gasteiger partial charge on any atom is -0.479 e. The number of benzene rings is 1. The molecule has 6 nitrogen and oxygen atoms in total. The summed E-state index contributed by atoms with van der Waals surface area (Å²) in [4.78, 5) is 24.1. The van der Waals surface area contributed by atoms with Crippen LogP contribution in [0.1, 0.15) is 24.3 Å². The fraction of sp³-hybridized carbons (Fsp3) is 0.467. The summed E-state index contributed by atoms with van der Waals surface area (Å²) in [5, 5.41) is 20.3. The molecule has 0 radical (unpaired) electrons. The van der Waals surface area contributed by atoms with Crippen molar-refractivity contribution < 1.29 is 19.8 Å². The van der Waals surface area contributed by atoms with Gasteiger partial charge in [-0.25, -0.2) is 9.59 Å². The van der Waals surface area contributed by atoms with Gasteiger partial charge in [-0.1, -0.05) is 30.3 Å². The number of aliphatic hydroxyl groups is 1. The smallest absolute Gasteiger partial charge is 0.332 e. The zero-order chi connectivity index (χ0) is 15.2. The molecular weight excluding hydrogens is 272 g/mol. The highest BCUT2D eigenvalue weighted by molar-refractivity contribution is 5.75. The molecule has 0 bridgehead atoms. The SMILES string of the molecule is O=C(O)C(O)CCNC(=O)N1CCC(c2ccccc2)C1. The van der Waals surface area contributed by atoms with E-state index < -0.39 is 12.1 Å². The summed E-state index contributed by atoms with van der Waals surface area (Å²) < 4.78 is 0. The van der Waals surface area contributed by atoms with Gasteiger partial charge in [0, 0.05) is 32.0 Å². The maximum atomic E-state index is 12.0. The van der Waals surface area contributed by atoms with Crippen molar-refractivity contribution >= 4 is 12.0 Å². The van der Waals surface area contributed by atoms with Crippen molar-refractivity contribution in [2.24, 2.45) is 0 Å². The highest BCUT2D eigenvalue weighted by Gasteiger charge is 2.27. The van der Waals surface area contributed by atoms with Gasteiger partial charge in [-0.2, -0.15) is 0 Å². The molecule has 2 atom stereocenters. The van der Waals surface area contributed by atoms with Crippen LogP contribution in [-0.4, -0.2) is 52.9 Å². The number of aliphatic hydroxyl groups excluding tert-OH is 1. The maximum absolute atomic E-state index is 12.0. The molecule has 0 aliphatic carbocycles. The number of carbonyl (C=O) groups is 2. The predicted molar refractivity (Wildman–Crippen MR) is 77.0 cm³/mol. The number of likely N-dealkylation sites (tertiary alicyclic amines) is 1. The number of nitrogens with one attached hydrogen (secondary N) is 1. The van der Waals surface area contributed by atoms with Crippen LogP contribution in [0.4, 0.5) is 4.79 Å². The topological polar surface area (TPSA) is 89.9 Å². The van der Waals surface area contributed by atoms with Crippen LogP contribution in [0.5, 0.6) is 0 Å². The van der Waals surface area contributed by atoms with Gasteiger partial charge in [0.1, 0.15) is 0 Å². The molecule has 6 heteroatoms. The molecular formula is C15H20N2O4. The van der Waals surface area contributed by atoms with Gasteiger partial charge in [-0.3, -0.25) is 0 Å². The van der Waals surface area contributed by atoms with Crippen LogP contribution in [0.2, 0.25) is 0 Å². The minimum absolute atomic E-state index is 0.0109. The number of carboxylic acids is 1. The summed E-state index contributed by atoms with van der Waals surface area (Å²) in [7, 11) is 0. The molecule has 21 heavy (non-hydrogen) atoms. The van der Waals surface area contributed by atoms with E-state index in [1.807, 2.05) is 18.2 Å².